The first-order chi connectivity index (χ1) is 8.31. The number of alkyl halides is 3. The summed E-state index contributed by atoms with van der Waals surface area (Å²) in [6, 6.07) is 2.10. The molecule has 0 fully saturated rings. The highest BCUT2D eigenvalue weighted by Gasteiger charge is 2.34. The van der Waals surface area contributed by atoms with Crippen molar-refractivity contribution in [1.29, 1.82) is 0 Å². The Morgan fingerprint density at radius 2 is 2.06 bits per heavy atom. The molecule has 1 aromatic rings. The molecule has 0 spiro atoms. The van der Waals surface area contributed by atoms with Crippen molar-refractivity contribution in [2.45, 2.75) is 13.1 Å². The maximum Gasteiger partial charge on any atom is 0.417 e. The molecule has 0 bridgehead atoms. The van der Waals surface area contributed by atoms with Crippen LogP contribution in [0.1, 0.15) is 22.8 Å². The van der Waals surface area contributed by atoms with Gasteiger partial charge in [-0.1, -0.05) is 0 Å². The lowest BCUT2D eigenvalue weighted by molar-refractivity contribution is -0.138. The van der Waals surface area contributed by atoms with Crippen LogP contribution in [0.25, 0.3) is 0 Å². The Hall–Kier alpha value is -0.990. The van der Waals surface area contributed by atoms with E-state index >= 15 is 0 Å². The molecule has 0 heterocycles. The predicted octanol–water partition coefficient (Wildman–Crippen LogP) is 3.53. The minimum absolute atomic E-state index is 0.0397. The van der Waals surface area contributed by atoms with E-state index in [1.54, 1.807) is 29.5 Å². The van der Waals surface area contributed by atoms with Crippen molar-refractivity contribution >= 4 is 34.2 Å². The number of esters is 1. The van der Waals surface area contributed by atoms with E-state index in [-0.39, 0.29) is 14.8 Å². The van der Waals surface area contributed by atoms with Gasteiger partial charge in [0, 0.05) is 15.8 Å². The molecular formula is C11H11F3INO2. The lowest BCUT2D eigenvalue weighted by Crippen LogP contribution is -2.13. The fourth-order valence-electron chi connectivity index (χ4n) is 1.41. The van der Waals surface area contributed by atoms with E-state index in [0.717, 1.165) is 6.07 Å². The average Bonchev–Trinajstić information content (AvgIpc) is 2.28. The van der Waals surface area contributed by atoms with E-state index in [0.29, 0.717) is 6.54 Å². The van der Waals surface area contributed by atoms with Gasteiger partial charge in [0.15, 0.2) is 0 Å². The number of hydrogen-bond acceptors (Lipinski definition) is 3. The molecule has 0 aromatic heterocycles. The molecular weight excluding hydrogens is 362 g/mol. The Bertz CT molecular complexity index is 460. The van der Waals surface area contributed by atoms with Gasteiger partial charge in [-0.15, -0.1) is 0 Å². The van der Waals surface area contributed by atoms with Gasteiger partial charge in [0.1, 0.15) is 0 Å². The van der Waals surface area contributed by atoms with E-state index in [1.807, 2.05) is 0 Å². The number of hydrogen-bond donors (Lipinski definition) is 1. The van der Waals surface area contributed by atoms with E-state index in [9.17, 15) is 18.0 Å². The minimum Gasteiger partial charge on any atom is -0.465 e. The summed E-state index contributed by atoms with van der Waals surface area (Å²) in [5.74, 6) is -0.669. The molecule has 3 nitrogen and oxygen atoms in total. The highest BCUT2D eigenvalue weighted by molar-refractivity contribution is 14.1. The third-order valence-corrected chi connectivity index (χ3v) is 3.08. The zero-order valence-corrected chi connectivity index (χ0v) is 11.8. The van der Waals surface area contributed by atoms with Gasteiger partial charge in [-0.3, -0.25) is 0 Å². The first-order valence-corrected chi connectivity index (χ1v) is 6.12. The molecule has 0 unspecified atom stereocenters. The fraction of sp³-hybridized carbons (Fsp3) is 0.364. The molecule has 0 amide bonds. The van der Waals surface area contributed by atoms with Crippen LogP contribution in [-0.4, -0.2) is 19.6 Å². The number of carbonyl (C=O) groups is 1. The smallest absolute Gasteiger partial charge is 0.417 e. The van der Waals surface area contributed by atoms with Crippen molar-refractivity contribution in [1.82, 2.24) is 0 Å². The summed E-state index contributed by atoms with van der Waals surface area (Å²) >= 11 is 1.55. The molecule has 0 radical (unpaired) electrons. The highest BCUT2D eigenvalue weighted by Crippen LogP contribution is 2.36. The largest absolute Gasteiger partial charge is 0.465 e. The minimum atomic E-state index is -4.45. The standard InChI is InChI=1S/C11H11F3INO2/c1-3-16-9-5-7(11(12,13)14)8(15)4-6(9)10(17)18-2/h4-5,16H,3H2,1-2H3. The average molecular weight is 373 g/mol. The van der Waals surface area contributed by atoms with Gasteiger partial charge in [0.25, 0.3) is 0 Å². The van der Waals surface area contributed by atoms with Crippen LogP contribution in [0.4, 0.5) is 18.9 Å². The summed E-state index contributed by atoms with van der Waals surface area (Å²) in [5.41, 5.74) is -0.555. The van der Waals surface area contributed by atoms with Crippen LogP contribution in [0.5, 0.6) is 0 Å². The monoisotopic (exact) mass is 373 g/mol. The Kier molecular flexibility index (Phi) is 4.83. The lowest BCUT2D eigenvalue weighted by atomic mass is 10.1. The van der Waals surface area contributed by atoms with Crippen LogP contribution in [0.3, 0.4) is 0 Å². The second-order valence-electron chi connectivity index (χ2n) is 3.40. The van der Waals surface area contributed by atoms with Gasteiger partial charge in [-0.2, -0.15) is 13.2 Å². The van der Waals surface area contributed by atoms with Crippen molar-refractivity contribution in [2.75, 3.05) is 19.0 Å². The molecule has 18 heavy (non-hydrogen) atoms. The molecule has 100 valence electrons. The topological polar surface area (TPSA) is 38.3 Å². The molecule has 0 saturated carbocycles. The predicted molar refractivity (Wildman–Crippen MR) is 69.7 cm³/mol. The van der Waals surface area contributed by atoms with Crippen LogP contribution in [0.2, 0.25) is 0 Å². The van der Waals surface area contributed by atoms with Gasteiger partial charge in [0.05, 0.1) is 18.2 Å². The second-order valence-corrected chi connectivity index (χ2v) is 4.56. The third-order valence-electron chi connectivity index (χ3n) is 2.19. The quantitative estimate of drug-likeness (QED) is 0.651. The van der Waals surface area contributed by atoms with Crippen molar-refractivity contribution < 1.29 is 22.7 Å². The normalized spacial score (nSPS) is 11.2. The van der Waals surface area contributed by atoms with Crippen LogP contribution in [-0.2, 0) is 10.9 Å². The van der Waals surface area contributed by atoms with Crippen molar-refractivity contribution in [3.63, 3.8) is 0 Å². The van der Waals surface area contributed by atoms with Crippen molar-refractivity contribution in [3.05, 3.63) is 26.8 Å². The number of halogens is 4. The summed E-state index contributed by atoms with van der Waals surface area (Å²) in [5, 5.41) is 2.73. The molecule has 0 aliphatic rings. The Balaban J connectivity index is 3.39. The number of nitrogens with one attached hydrogen (secondary N) is 1. The Labute approximate surface area is 116 Å². The van der Waals surface area contributed by atoms with Gasteiger partial charge >= 0.3 is 12.1 Å². The second kappa shape index (κ2) is 5.77. The van der Waals surface area contributed by atoms with E-state index in [1.165, 1.54) is 13.2 Å². The summed E-state index contributed by atoms with van der Waals surface area (Å²) in [6.07, 6.45) is -4.45. The third kappa shape index (κ3) is 3.27. The molecule has 0 saturated heterocycles. The van der Waals surface area contributed by atoms with Crippen LogP contribution in [0, 0.1) is 3.57 Å². The maximum atomic E-state index is 12.7. The zero-order chi connectivity index (χ0) is 13.9. The number of benzene rings is 1. The molecule has 1 N–H and O–H groups in total. The summed E-state index contributed by atoms with van der Waals surface area (Å²) < 4.78 is 42.7. The summed E-state index contributed by atoms with van der Waals surface area (Å²) in [7, 11) is 1.18. The lowest BCUT2D eigenvalue weighted by Gasteiger charge is -2.15. The summed E-state index contributed by atoms with van der Waals surface area (Å²) in [6.45, 7) is 2.13. The summed E-state index contributed by atoms with van der Waals surface area (Å²) in [4.78, 5) is 11.5. The number of carbonyl (C=O) groups excluding carboxylic acids is 1. The Morgan fingerprint density at radius 1 is 1.44 bits per heavy atom. The van der Waals surface area contributed by atoms with Gasteiger partial charge < -0.3 is 10.1 Å². The SMILES string of the molecule is CCNc1cc(C(F)(F)F)c(I)cc1C(=O)OC. The van der Waals surface area contributed by atoms with Crippen molar-refractivity contribution in [3.8, 4) is 0 Å². The first-order valence-electron chi connectivity index (χ1n) is 5.04. The van der Waals surface area contributed by atoms with Gasteiger partial charge in [-0.25, -0.2) is 4.79 Å². The molecule has 1 aromatic carbocycles. The van der Waals surface area contributed by atoms with Crippen LogP contribution >= 0.6 is 22.6 Å². The van der Waals surface area contributed by atoms with Crippen LogP contribution in [0.15, 0.2) is 12.1 Å². The zero-order valence-electron chi connectivity index (χ0n) is 9.69. The van der Waals surface area contributed by atoms with E-state index in [4.69, 9.17) is 0 Å². The number of rotatable bonds is 3. The number of ether oxygens (including phenoxy) is 1. The van der Waals surface area contributed by atoms with E-state index < -0.39 is 17.7 Å². The molecule has 1 rings (SSSR count). The molecule has 7 heteroatoms. The van der Waals surface area contributed by atoms with Gasteiger partial charge in [0.2, 0.25) is 0 Å². The molecule has 0 atom stereocenters. The maximum absolute atomic E-state index is 12.7. The van der Waals surface area contributed by atoms with Gasteiger partial charge in [-0.05, 0) is 41.6 Å². The van der Waals surface area contributed by atoms with Crippen LogP contribution < -0.4 is 5.32 Å². The number of methoxy groups -OCH3 is 1. The Morgan fingerprint density at radius 3 is 2.50 bits per heavy atom. The molecule has 0 aliphatic carbocycles. The number of anilines is 1. The fourth-order valence-corrected chi connectivity index (χ4v) is 2.18. The molecule has 0 aliphatic heterocycles. The first kappa shape index (κ1) is 15.1. The van der Waals surface area contributed by atoms with Crippen molar-refractivity contribution in [2.24, 2.45) is 0 Å². The highest BCUT2D eigenvalue weighted by atomic mass is 127. The van der Waals surface area contributed by atoms with E-state index in [2.05, 4.69) is 10.1 Å².